The van der Waals surface area contributed by atoms with Gasteiger partial charge in [-0.05, 0) is 19.3 Å². The second-order valence-corrected chi connectivity index (χ2v) is 9.17. The lowest BCUT2D eigenvalue weighted by atomic mass is 10.0. The molecule has 0 aliphatic carbocycles. The third-order valence-corrected chi connectivity index (χ3v) is 5.50. The second-order valence-electron chi connectivity index (χ2n) is 8.65. The number of unbranched alkanes of at least 4 members (excludes halogenated alkanes) is 13. The fourth-order valence-electron chi connectivity index (χ4n) is 3.40. The first-order chi connectivity index (χ1) is 12.5. The summed E-state index contributed by atoms with van der Waals surface area (Å²) in [4.78, 5) is 0. The SMILES string of the molecule is CC(C)CCCCCCCCCCCCCCCCC(Cl)NCC(C)O.Cl. The van der Waals surface area contributed by atoms with E-state index >= 15 is 0 Å². The van der Waals surface area contributed by atoms with Crippen LogP contribution in [0, 0.1) is 5.92 Å². The van der Waals surface area contributed by atoms with Gasteiger partial charge in [0.25, 0.3) is 0 Å². The zero-order chi connectivity index (χ0) is 19.5. The van der Waals surface area contributed by atoms with Crippen LogP contribution in [0.25, 0.3) is 0 Å². The molecule has 0 aliphatic heterocycles. The van der Waals surface area contributed by atoms with Crippen LogP contribution in [0.3, 0.4) is 0 Å². The molecule has 0 saturated carbocycles. The first-order valence-electron chi connectivity index (χ1n) is 11.6. The molecule has 2 atom stereocenters. The Kier molecular flexibility index (Phi) is 25.1. The lowest BCUT2D eigenvalue weighted by molar-refractivity contribution is 0.189. The van der Waals surface area contributed by atoms with Gasteiger partial charge in [-0.25, -0.2) is 0 Å². The van der Waals surface area contributed by atoms with Crippen LogP contribution in [0.4, 0.5) is 0 Å². The molecule has 27 heavy (non-hydrogen) atoms. The van der Waals surface area contributed by atoms with Crippen LogP contribution in [0.2, 0.25) is 0 Å². The maximum atomic E-state index is 9.20. The standard InChI is InChI=1S/C23H48ClNO.ClH/c1-21(2)18-16-14-12-10-8-6-4-5-7-9-11-13-15-17-19-23(24)25-20-22(3)26;/h21-23,25-26H,4-20H2,1-3H3;1H. The summed E-state index contributed by atoms with van der Waals surface area (Å²) >= 11 is 6.17. The molecule has 0 heterocycles. The molecule has 0 bridgehead atoms. The lowest BCUT2D eigenvalue weighted by Gasteiger charge is -2.12. The van der Waals surface area contributed by atoms with E-state index in [-0.39, 0.29) is 24.0 Å². The molecule has 2 unspecified atom stereocenters. The number of aliphatic hydroxyl groups is 1. The van der Waals surface area contributed by atoms with Crippen molar-refractivity contribution in [2.24, 2.45) is 5.92 Å². The van der Waals surface area contributed by atoms with Crippen molar-refractivity contribution in [3.05, 3.63) is 0 Å². The number of halogens is 2. The van der Waals surface area contributed by atoms with E-state index in [1.807, 2.05) is 0 Å². The summed E-state index contributed by atoms with van der Waals surface area (Å²) in [5, 5.41) is 12.4. The summed E-state index contributed by atoms with van der Waals surface area (Å²) in [5.41, 5.74) is 0.0137. The number of alkyl halides is 1. The molecule has 2 nitrogen and oxygen atoms in total. The summed E-state index contributed by atoms with van der Waals surface area (Å²) in [6, 6.07) is 0. The Morgan fingerprint density at radius 1 is 0.630 bits per heavy atom. The van der Waals surface area contributed by atoms with Gasteiger partial charge in [0.15, 0.2) is 0 Å². The van der Waals surface area contributed by atoms with Crippen molar-refractivity contribution in [3.63, 3.8) is 0 Å². The fourth-order valence-corrected chi connectivity index (χ4v) is 3.64. The molecule has 0 aromatic rings. The molecule has 0 saturated heterocycles. The van der Waals surface area contributed by atoms with Gasteiger partial charge in [0.05, 0.1) is 11.6 Å². The van der Waals surface area contributed by atoms with Gasteiger partial charge in [0, 0.05) is 6.54 Å². The van der Waals surface area contributed by atoms with Crippen LogP contribution in [0.1, 0.15) is 124 Å². The Hall–Kier alpha value is 0.500. The van der Waals surface area contributed by atoms with Crippen molar-refractivity contribution in [2.45, 2.75) is 135 Å². The van der Waals surface area contributed by atoms with Gasteiger partial charge in [-0.15, -0.1) is 24.0 Å². The highest BCUT2D eigenvalue weighted by Crippen LogP contribution is 2.15. The van der Waals surface area contributed by atoms with Gasteiger partial charge in [-0.2, -0.15) is 0 Å². The summed E-state index contributed by atoms with van der Waals surface area (Å²) in [5.74, 6) is 0.880. The maximum Gasteiger partial charge on any atom is 0.0826 e. The number of aliphatic hydroxyl groups excluding tert-OH is 1. The minimum absolute atomic E-state index is 0. The molecule has 0 aromatic heterocycles. The molecule has 0 fully saturated rings. The molecule has 0 rings (SSSR count). The number of nitrogens with one attached hydrogen (secondary N) is 1. The van der Waals surface area contributed by atoms with E-state index in [1.165, 1.54) is 96.3 Å². The Morgan fingerprint density at radius 3 is 1.30 bits per heavy atom. The highest BCUT2D eigenvalue weighted by molar-refractivity contribution is 6.20. The monoisotopic (exact) mass is 425 g/mol. The predicted molar refractivity (Wildman–Crippen MR) is 125 cm³/mol. The summed E-state index contributed by atoms with van der Waals surface area (Å²) < 4.78 is 0. The zero-order valence-corrected chi connectivity index (χ0v) is 20.1. The van der Waals surface area contributed by atoms with Gasteiger partial charge in [-0.1, -0.05) is 110 Å². The summed E-state index contributed by atoms with van der Waals surface area (Å²) in [7, 11) is 0. The van der Waals surface area contributed by atoms with E-state index < -0.39 is 0 Å². The van der Waals surface area contributed by atoms with Crippen LogP contribution in [-0.2, 0) is 0 Å². The van der Waals surface area contributed by atoms with Gasteiger partial charge in [0.1, 0.15) is 0 Å². The van der Waals surface area contributed by atoms with E-state index in [0.717, 1.165) is 12.3 Å². The third kappa shape index (κ3) is 26.5. The van der Waals surface area contributed by atoms with Gasteiger partial charge >= 0.3 is 0 Å². The van der Waals surface area contributed by atoms with E-state index in [4.69, 9.17) is 11.6 Å². The molecule has 0 radical (unpaired) electrons. The second kappa shape index (κ2) is 22.8. The molecule has 166 valence electrons. The van der Waals surface area contributed by atoms with Crippen LogP contribution < -0.4 is 5.32 Å². The van der Waals surface area contributed by atoms with Crippen molar-refractivity contribution >= 4 is 24.0 Å². The lowest BCUT2D eigenvalue weighted by Crippen LogP contribution is -2.30. The predicted octanol–water partition coefficient (Wildman–Crippen LogP) is 7.84. The number of rotatable bonds is 20. The molecule has 4 heteroatoms. The fraction of sp³-hybridized carbons (Fsp3) is 1.00. The normalized spacial score (nSPS) is 13.6. The largest absolute Gasteiger partial charge is 0.392 e. The average molecular weight is 427 g/mol. The van der Waals surface area contributed by atoms with Crippen molar-refractivity contribution in [1.82, 2.24) is 5.32 Å². The van der Waals surface area contributed by atoms with Crippen LogP contribution in [-0.4, -0.2) is 23.3 Å². The summed E-state index contributed by atoms with van der Waals surface area (Å²) in [6.07, 6.45) is 21.7. The first-order valence-corrected chi connectivity index (χ1v) is 12.0. The van der Waals surface area contributed by atoms with Crippen LogP contribution in [0.15, 0.2) is 0 Å². The highest BCUT2D eigenvalue weighted by Gasteiger charge is 2.04. The summed E-state index contributed by atoms with van der Waals surface area (Å²) in [6.45, 7) is 7.03. The third-order valence-electron chi connectivity index (χ3n) is 5.12. The molecule has 0 amide bonds. The van der Waals surface area contributed by atoms with Crippen LogP contribution >= 0.6 is 24.0 Å². The zero-order valence-electron chi connectivity index (χ0n) is 18.5. The Balaban J connectivity index is 0. The topological polar surface area (TPSA) is 32.3 Å². The number of hydrogen-bond donors (Lipinski definition) is 2. The minimum Gasteiger partial charge on any atom is -0.392 e. The Bertz CT molecular complexity index is 275. The average Bonchev–Trinajstić information content (AvgIpc) is 2.59. The van der Waals surface area contributed by atoms with Gasteiger partial charge in [0.2, 0.25) is 0 Å². The van der Waals surface area contributed by atoms with E-state index in [1.54, 1.807) is 6.92 Å². The quantitative estimate of drug-likeness (QED) is 0.118. The highest BCUT2D eigenvalue weighted by atomic mass is 35.5. The maximum absolute atomic E-state index is 9.20. The Labute approximate surface area is 182 Å². The van der Waals surface area contributed by atoms with Crippen molar-refractivity contribution < 1.29 is 5.11 Å². The molecular formula is C23H49Cl2NO. The van der Waals surface area contributed by atoms with Crippen molar-refractivity contribution in [3.8, 4) is 0 Å². The molecule has 0 aliphatic rings. The molecule has 0 spiro atoms. The van der Waals surface area contributed by atoms with E-state index in [2.05, 4.69) is 19.2 Å². The number of hydrogen-bond acceptors (Lipinski definition) is 2. The first kappa shape index (κ1) is 29.7. The van der Waals surface area contributed by atoms with Gasteiger partial charge < -0.3 is 5.11 Å². The van der Waals surface area contributed by atoms with Crippen LogP contribution in [0.5, 0.6) is 0 Å². The Morgan fingerprint density at radius 2 is 0.963 bits per heavy atom. The molecular weight excluding hydrogens is 377 g/mol. The minimum atomic E-state index is -0.314. The van der Waals surface area contributed by atoms with E-state index in [0.29, 0.717) is 6.54 Å². The van der Waals surface area contributed by atoms with Gasteiger partial charge in [-0.3, -0.25) is 5.32 Å². The van der Waals surface area contributed by atoms with Crippen molar-refractivity contribution in [2.75, 3.05) is 6.54 Å². The molecule has 0 aromatic carbocycles. The van der Waals surface area contributed by atoms with Crippen molar-refractivity contribution in [1.29, 1.82) is 0 Å². The smallest absolute Gasteiger partial charge is 0.0826 e. The van der Waals surface area contributed by atoms with E-state index in [9.17, 15) is 5.11 Å². The molecule has 2 N–H and O–H groups in total.